The van der Waals surface area contributed by atoms with Gasteiger partial charge in [0.15, 0.2) is 11.5 Å². The van der Waals surface area contributed by atoms with Crippen molar-refractivity contribution in [1.29, 1.82) is 0 Å². The molecule has 1 N–H and O–H groups in total. The maximum atomic E-state index is 12.3. The van der Waals surface area contributed by atoms with Crippen LogP contribution in [-0.2, 0) is 0 Å². The first-order chi connectivity index (χ1) is 14.6. The number of hydrazone groups is 1. The van der Waals surface area contributed by atoms with E-state index in [4.69, 9.17) is 25.8 Å². The van der Waals surface area contributed by atoms with Crippen LogP contribution in [0.15, 0.2) is 71.8 Å². The number of fused-ring (bicyclic) bond motifs is 1. The molecule has 0 saturated heterocycles. The smallest absolute Gasteiger partial charge is 0.343 e. The second-order valence-electron chi connectivity index (χ2n) is 6.20. The summed E-state index contributed by atoms with van der Waals surface area (Å²) in [4.78, 5) is 24.6. The Morgan fingerprint density at radius 1 is 0.967 bits per heavy atom. The lowest BCUT2D eigenvalue weighted by Gasteiger charge is -2.07. The number of ether oxygens (including phenoxy) is 3. The summed E-state index contributed by atoms with van der Waals surface area (Å²) in [6, 6.07) is 18.1. The van der Waals surface area contributed by atoms with Crippen LogP contribution >= 0.6 is 11.6 Å². The van der Waals surface area contributed by atoms with Crippen molar-refractivity contribution in [2.24, 2.45) is 5.10 Å². The summed E-state index contributed by atoms with van der Waals surface area (Å²) in [7, 11) is 0. The second kappa shape index (κ2) is 8.67. The Balaban J connectivity index is 1.43. The van der Waals surface area contributed by atoms with Crippen molar-refractivity contribution in [3.8, 4) is 17.2 Å². The summed E-state index contributed by atoms with van der Waals surface area (Å²) in [5, 5.41) is 4.48. The van der Waals surface area contributed by atoms with E-state index in [0.717, 1.165) is 0 Å². The number of halogens is 1. The summed E-state index contributed by atoms with van der Waals surface area (Å²) < 4.78 is 15.9. The summed E-state index contributed by atoms with van der Waals surface area (Å²) in [5.41, 5.74) is 3.69. The van der Waals surface area contributed by atoms with Gasteiger partial charge in [0.2, 0.25) is 6.79 Å². The zero-order chi connectivity index (χ0) is 20.9. The monoisotopic (exact) mass is 422 g/mol. The van der Waals surface area contributed by atoms with E-state index in [2.05, 4.69) is 10.5 Å². The van der Waals surface area contributed by atoms with Crippen molar-refractivity contribution in [2.75, 3.05) is 6.79 Å². The van der Waals surface area contributed by atoms with Gasteiger partial charge in [-0.1, -0.05) is 23.7 Å². The number of carbonyl (C=O) groups is 2. The molecule has 1 amide bonds. The highest BCUT2D eigenvalue weighted by Gasteiger charge is 2.16. The Morgan fingerprint density at radius 3 is 2.53 bits per heavy atom. The van der Waals surface area contributed by atoms with Gasteiger partial charge in [0.05, 0.1) is 11.8 Å². The number of esters is 1. The fourth-order valence-electron chi connectivity index (χ4n) is 2.69. The highest BCUT2D eigenvalue weighted by atomic mass is 35.5. The van der Waals surface area contributed by atoms with E-state index in [-0.39, 0.29) is 6.79 Å². The van der Waals surface area contributed by atoms with Gasteiger partial charge in [-0.25, -0.2) is 10.2 Å². The number of benzene rings is 3. The maximum absolute atomic E-state index is 12.3. The highest BCUT2D eigenvalue weighted by molar-refractivity contribution is 6.30. The number of rotatable bonds is 5. The van der Waals surface area contributed by atoms with Gasteiger partial charge in [0, 0.05) is 16.1 Å². The molecule has 1 heterocycles. The molecule has 3 aromatic rings. The number of para-hydroxylation sites is 1. The first kappa shape index (κ1) is 19.5. The molecule has 3 aromatic carbocycles. The van der Waals surface area contributed by atoms with Crippen molar-refractivity contribution in [2.45, 2.75) is 0 Å². The van der Waals surface area contributed by atoms with Crippen LogP contribution in [0.5, 0.6) is 17.2 Å². The average Bonchev–Trinajstić information content (AvgIpc) is 3.23. The molecule has 1 aliphatic rings. The van der Waals surface area contributed by atoms with Gasteiger partial charge in [-0.05, 0) is 54.6 Å². The van der Waals surface area contributed by atoms with Crippen LogP contribution < -0.4 is 19.6 Å². The number of nitrogens with zero attached hydrogens (tertiary/aromatic N) is 1. The van der Waals surface area contributed by atoms with Gasteiger partial charge in [0.25, 0.3) is 5.91 Å². The molecular weight excluding hydrogens is 408 g/mol. The van der Waals surface area contributed by atoms with Crippen LogP contribution in [0.25, 0.3) is 0 Å². The van der Waals surface area contributed by atoms with E-state index in [1.165, 1.54) is 6.21 Å². The molecule has 0 atom stereocenters. The molecule has 8 heteroatoms. The Hall–Kier alpha value is -3.84. The minimum Gasteiger partial charge on any atom is -0.454 e. The molecule has 30 heavy (non-hydrogen) atoms. The van der Waals surface area contributed by atoms with Crippen molar-refractivity contribution in [3.63, 3.8) is 0 Å². The lowest BCUT2D eigenvalue weighted by molar-refractivity contribution is 0.0734. The molecule has 0 aliphatic carbocycles. The lowest BCUT2D eigenvalue weighted by Crippen LogP contribution is -2.17. The third kappa shape index (κ3) is 4.42. The van der Waals surface area contributed by atoms with E-state index in [0.29, 0.717) is 39.0 Å². The van der Waals surface area contributed by atoms with E-state index in [1.54, 1.807) is 66.7 Å². The summed E-state index contributed by atoms with van der Waals surface area (Å²) in [6.07, 6.45) is 1.40. The fraction of sp³-hybridized carbons (Fsp3) is 0.0455. The van der Waals surface area contributed by atoms with Crippen LogP contribution in [0, 0.1) is 0 Å². The van der Waals surface area contributed by atoms with E-state index >= 15 is 0 Å². The van der Waals surface area contributed by atoms with Gasteiger partial charge in [-0.2, -0.15) is 5.10 Å². The predicted molar refractivity (Wildman–Crippen MR) is 110 cm³/mol. The molecule has 1 aliphatic heterocycles. The van der Waals surface area contributed by atoms with Crippen LogP contribution in [-0.4, -0.2) is 24.9 Å². The second-order valence-corrected chi connectivity index (χ2v) is 6.64. The highest BCUT2D eigenvalue weighted by Crippen LogP contribution is 2.32. The molecule has 7 nitrogen and oxygen atoms in total. The van der Waals surface area contributed by atoms with Gasteiger partial charge in [-0.3, -0.25) is 4.79 Å². The molecule has 0 fully saturated rings. The Morgan fingerprint density at radius 2 is 1.70 bits per heavy atom. The summed E-state index contributed by atoms with van der Waals surface area (Å²) >= 11 is 5.84. The minimum atomic E-state index is -0.531. The van der Waals surface area contributed by atoms with Crippen molar-refractivity contribution in [1.82, 2.24) is 5.43 Å². The van der Waals surface area contributed by atoms with Crippen LogP contribution in [0.1, 0.15) is 26.3 Å². The van der Waals surface area contributed by atoms with Gasteiger partial charge in [0.1, 0.15) is 5.75 Å². The molecular formula is C22H15ClN2O5. The lowest BCUT2D eigenvalue weighted by atomic mass is 10.2. The van der Waals surface area contributed by atoms with Crippen molar-refractivity contribution >= 4 is 29.7 Å². The average molecular weight is 423 g/mol. The number of nitrogens with one attached hydrogen (secondary N) is 1. The quantitative estimate of drug-likeness (QED) is 0.290. The molecule has 0 radical (unpaired) electrons. The van der Waals surface area contributed by atoms with E-state index in [9.17, 15) is 9.59 Å². The third-order valence-corrected chi connectivity index (χ3v) is 4.46. The van der Waals surface area contributed by atoms with Gasteiger partial charge >= 0.3 is 5.97 Å². The number of carbonyl (C=O) groups excluding carboxylic acids is 2. The standard InChI is InChI=1S/C22H15ClN2O5/c23-17-8-5-14(6-9-17)22(27)30-18-4-2-1-3-16(18)12-24-25-21(26)15-7-10-19-20(11-15)29-13-28-19/h1-12H,13H2,(H,25,26). The summed E-state index contributed by atoms with van der Waals surface area (Å²) in [6.45, 7) is 0.129. The molecule has 0 aromatic heterocycles. The first-order valence-corrected chi connectivity index (χ1v) is 9.28. The minimum absolute atomic E-state index is 0.129. The van der Waals surface area contributed by atoms with E-state index < -0.39 is 11.9 Å². The van der Waals surface area contributed by atoms with Crippen LogP contribution in [0.4, 0.5) is 0 Å². The fourth-order valence-corrected chi connectivity index (χ4v) is 2.81. The maximum Gasteiger partial charge on any atom is 0.343 e. The Labute approximate surface area is 176 Å². The largest absolute Gasteiger partial charge is 0.454 e. The third-order valence-electron chi connectivity index (χ3n) is 4.21. The molecule has 150 valence electrons. The molecule has 0 bridgehead atoms. The van der Waals surface area contributed by atoms with Gasteiger partial charge < -0.3 is 14.2 Å². The first-order valence-electron chi connectivity index (χ1n) is 8.90. The van der Waals surface area contributed by atoms with Gasteiger partial charge in [-0.15, -0.1) is 0 Å². The SMILES string of the molecule is O=C(NN=Cc1ccccc1OC(=O)c1ccc(Cl)cc1)c1ccc2c(c1)OCO2. The number of hydrogen-bond acceptors (Lipinski definition) is 6. The molecule has 0 saturated carbocycles. The topological polar surface area (TPSA) is 86.2 Å². The van der Waals surface area contributed by atoms with Crippen LogP contribution in [0.3, 0.4) is 0 Å². The molecule has 4 rings (SSSR count). The normalized spacial score (nSPS) is 12.0. The Bertz CT molecular complexity index is 1130. The van der Waals surface area contributed by atoms with Crippen molar-refractivity contribution in [3.05, 3.63) is 88.4 Å². The summed E-state index contributed by atoms with van der Waals surface area (Å²) in [5.74, 6) is 0.452. The number of amides is 1. The number of hydrogen-bond donors (Lipinski definition) is 1. The predicted octanol–water partition coefficient (Wildman–Crippen LogP) is 4.05. The van der Waals surface area contributed by atoms with Crippen molar-refractivity contribution < 1.29 is 23.8 Å². The molecule has 0 unspecified atom stereocenters. The molecule has 0 spiro atoms. The zero-order valence-corrected chi connectivity index (χ0v) is 16.3. The van der Waals surface area contributed by atoms with E-state index in [1.807, 2.05) is 0 Å². The van der Waals surface area contributed by atoms with Crippen LogP contribution in [0.2, 0.25) is 5.02 Å². The Kier molecular flexibility index (Phi) is 5.63. The zero-order valence-electron chi connectivity index (χ0n) is 15.5.